The lowest BCUT2D eigenvalue weighted by molar-refractivity contribution is -0.126. The molecule has 4 nitrogen and oxygen atoms in total. The van der Waals surface area contributed by atoms with Crippen molar-refractivity contribution in [1.82, 2.24) is 0 Å². The van der Waals surface area contributed by atoms with Crippen LogP contribution in [0.25, 0.3) is 36.5 Å². The maximum absolute atomic E-state index is 15.2. The minimum absolute atomic E-state index is 0.0642. The van der Waals surface area contributed by atoms with Crippen molar-refractivity contribution in [3.8, 4) is 0 Å². The first-order chi connectivity index (χ1) is 28.3. The fourth-order valence-corrected chi connectivity index (χ4v) is 6.72. The largest absolute Gasteiger partial charge is 0.298 e. The van der Waals surface area contributed by atoms with Crippen molar-refractivity contribution in [2.75, 3.05) is 0 Å². The van der Waals surface area contributed by atoms with Gasteiger partial charge in [0.25, 0.3) is 0 Å². The number of allylic oxidation sites excluding steroid dienone is 6. The lowest BCUT2D eigenvalue weighted by Crippen LogP contribution is -2.43. The zero-order chi connectivity index (χ0) is 40.6. The summed E-state index contributed by atoms with van der Waals surface area (Å²) in [6.45, 7) is 1.34. The molecule has 6 aromatic carbocycles. The van der Waals surface area contributed by atoms with Crippen LogP contribution in [-0.2, 0) is 19.2 Å². The second-order valence-electron chi connectivity index (χ2n) is 13.5. The fourth-order valence-electron chi connectivity index (χ4n) is 6.72. The molecule has 0 aliphatic heterocycles. The minimum Gasteiger partial charge on any atom is -0.298 e. The van der Waals surface area contributed by atoms with Gasteiger partial charge in [-0.25, -0.2) is 0 Å². The van der Waals surface area contributed by atoms with Crippen LogP contribution in [0.4, 0.5) is 0 Å². The summed E-state index contributed by atoms with van der Waals surface area (Å²) in [5.41, 5.74) is 1.64. The first kappa shape index (κ1) is 40.1. The van der Waals surface area contributed by atoms with Crippen LogP contribution in [0.15, 0.2) is 217 Å². The smallest absolute Gasteiger partial charge is 0.183 e. The van der Waals surface area contributed by atoms with E-state index >= 15 is 19.2 Å². The number of hydrogen-bond acceptors (Lipinski definition) is 4. The summed E-state index contributed by atoms with van der Waals surface area (Å²) in [4.78, 5) is 60.8. The van der Waals surface area contributed by atoms with Crippen LogP contribution < -0.4 is 0 Å². The molecular weight excluding hydrogens is 713 g/mol. The van der Waals surface area contributed by atoms with Gasteiger partial charge in [0.1, 0.15) is 11.2 Å². The van der Waals surface area contributed by atoms with Gasteiger partial charge in [-0.2, -0.15) is 0 Å². The molecule has 0 spiro atoms. The number of ketones is 4. The highest BCUT2D eigenvalue weighted by atomic mass is 16.1. The summed E-state index contributed by atoms with van der Waals surface area (Å²) in [5, 5.41) is 0. The molecule has 0 atom stereocenters. The van der Waals surface area contributed by atoms with Crippen LogP contribution in [0.2, 0.25) is 0 Å². The van der Waals surface area contributed by atoms with Crippen LogP contribution in [0, 0.1) is 5.41 Å². The Kier molecular flexibility index (Phi) is 13.7. The van der Waals surface area contributed by atoms with Crippen molar-refractivity contribution in [1.29, 1.82) is 0 Å². The average molecular weight is 755 g/mol. The van der Waals surface area contributed by atoms with E-state index in [1.807, 2.05) is 182 Å². The zero-order valence-electron chi connectivity index (χ0n) is 32.1. The van der Waals surface area contributed by atoms with E-state index in [4.69, 9.17) is 0 Å². The lowest BCUT2D eigenvalue weighted by Gasteiger charge is -2.36. The molecule has 0 saturated carbocycles. The number of carbonyl (C=O) groups excluding carboxylic acids is 4. The Morgan fingerprint density at radius 2 is 0.534 bits per heavy atom. The summed E-state index contributed by atoms with van der Waals surface area (Å²) in [5.74, 6) is -2.26. The number of rotatable bonds is 16. The van der Waals surface area contributed by atoms with Crippen molar-refractivity contribution in [2.24, 2.45) is 5.41 Å². The predicted molar refractivity (Wildman–Crippen MR) is 238 cm³/mol. The first-order valence-corrected chi connectivity index (χ1v) is 19.0. The Morgan fingerprint density at radius 3 is 0.741 bits per heavy atom. The van der Waals surface area contributed by atoms with Crippen LogP contribution in [-0.4, -0.2) is 23.1 Å². The third-order valence-corrected chi connectivity index (χ3v) is 9.55. The first-order valence-electron chi connectivity index (χ1n) is 19.0. The van der Waals surface area contributed by atoms with Crippen molar-refractivity contribution >= 4 is 59.6 Å². The van der Waals surface area contributed by atoms with E-state index in [-0.39, 0.29) is 16.7 Å². The molecule has 58 heavy (non-hydrogen) atoms. The van der Waals surface area contributed by atoms with Crippen LogP contribution in [0.3, 0.4) is 0 Å². The van der Waals surface area contributed by atoms with Gasteiger partial charge in [0.2, 0.25) is 0 Å². The Hall–Kier alpha value is -7.56. The van der Waals surface area contributed by atoms with E-state index in [9.17, 15) is 0 Å². The highest BCUT2D eigenvalue weighted by Crippen LogP contribution is 2.48. The quantitative estimate of drug-likeness (QED) is 0.0923. The number of carbonyl (C=O) groups is 4. The molecular formula is C54H42O4. The van der Waals surface area contributed by atoms with E-state index in [2.05, 4.69) is 0 Å². The molecule has 0 saturated heterocycles. The molecule has 0 N–H and O–H groups in total. The SMILES string of the molecule is CC(=O)C(C(=Cc1ccccc1)C(=O)C=Cc1ccccc1)(C(=Cc1ccccc1)C(=O)C=Cc1ccccc1)C(=Cc1ccccc1)C(=O)C=Cc1ccccc1. The molecule has 0 radical (unpaired) electrons. The Balaban J connectivity index is 1.75. The highest BCUT2D eigenvalue weighted by molar-refractivity contribution is 6.28. The zero-order valence-corrected chi connectivity index (χ0v) is 32.1. The van der Waals surface area contributed by atoms with E-state index in [1.165, 1.54) is 25.2 Å². The number of hydrogen-bond donors (Lipinski definition) is 0. The van der Waals surface area contributed by atoms with Gasteiger partial charge in [-0.1, -0.05) is 200 Å². The third-order valence-electron chi connectivity index (χ3n) is 9.55. The second kappa shape index (κ2) is 19.9. The molecule has 6 rings (SSSR count). The summed E-state index contributed by atoms with van der Waals surface area (Å²) in [6.07, 6.45) is 14.1. The minimum atomic E-state index is -2.24. The molecule has 0 unspecified atom stereocenters. The normalized spacial score (nSPS) is 13.4. The maximum atomic E-state index is 15.2. The van der Waals surface area contributed by atoms with Gasteiger partial charge >= 0.3 is 0 Å². The molecule has 0 heterocycles. The van der Waals surface area contributed by atoms with E-state index < -0.39 is 28.5 Å². The molecule has 6 aromatic rings. The van der Waals surface area contributed by atoms with Gasteiger partial charge < -0.3 is 0 Å². The van der Waals surface area contributed by atoms with Crippen molar-refractivity contribution in [3.05, 3.63) is 250 Å². The van der Waals surface area contributed by atoms with E-state index in [1.54, 1.807) is 36.5 Å². The molecule has 0 amide bonds. The summed E-state index contributed by atoms with van der Waals surface area (Å²) in [6, 6.07) is 55.4. The van der Waals surface area contributed by atoms with Gasteiger partial charge in [-0.15, -0.1) is 0 Å². The standard InChI is InChI=1S/C54H42O4/c1-41(55)54(48(38-45-26-14-5-15-27-45)51(56)35-32-42-20-8-2-9-21-42,49(39-46-28-16-6-17-29-46)52(57)36-33-43-22-10-3-11-23-43)50(40-47-30-18-7-19-31-47)53(58)37-34-44-24-12-4-13-25-44/h2-40H,1H3. The fraction of sp³-hybridized carbons (Fsp3) is 0.0370. The topological polar surface area (TPSA) is 68.3 Å². The van der Waals surface area contributed by atoms with Gasteiger partial charge in [0, 0.05) is 16.7 Å². The Bertz CT molecular complexity index is 2250. The second-order valence-corrected chi connectivity index (χ2v) is 13.5. The number of benzene rings is 6. The van der Waals surface area contributed by atoms with E-state index in [0.29, 0.717) is 16.7 Å². The summed E-state index contributed by atoms with van der Waals surface area (Å²) >= 11 is 0. The van der Waals surface area contributed by atoms with Crippen molar-refractivity contribution in [2.45, 2.75) is 6.92 Å². The van der Waals surface area contributed by atoms with Crippen LogP contribution in [0.5, 0.6) is 0 Å². The molecule has 282 valence electrons. The average Bonchev–Trinajstić information content (AvgIpc) is 3.27. The maximum Gasteiger partial charge on any atom is 0.183 e. The predicted octanol–water partition coefficient (Wildman–Crippen LogP) is 11.7. The van der Waals surface area contributed by atoms with Crippen molar-refractivity contribution < 1.29 is 19.2 Å². The molecule has 0 fully saturated rings. The van der Waals surface area contributed by atoms with Crippen LogP contribution in [0.1, 0.15) is 40.3 Å². The molecule has 0 aliphatic carbocycles. The van der Waals surface area contributed by atoms with Gasteiger partial charge in [0.15, 0.2) is 17.3 Å². The lowest BCUT2D eigenvalue weighted by atomic mass is 9.61. The summed E-state index contributed by atoms with van der Waals surface area (Å²) < 4.78 is 0. The molecule has 4 heteroatoms. The number of Topliss-reactive ketones (excluding diaryl/α,β-unsaturated/α-hetero) is 1. The van der Waals surface area contributed by atoms with Crippen LogP contribution >= 0.6 is 0 Å². The molecule has 0 aromatic heterocycles. The van der Waals surface area contributed by atoms with Gasteiger partial charge in [-0.05, 0) is 76.8 Å². The summed E-state index contributed by atoms with van der Waals surface area (Å²) in [7, 11) is 0. The van der Waals surface area contributed by atoms with Gasteiger partial charge in [0.05, 0.1) is 0 Å². The molecule has 0 bridgehead atoms. The monoisotopic (exact) mass is 754 g/mol. The van der Waals surface area contributed by atoms with Crippen molar-refractivity contribution in [3.63, 3.8) is 0 Å². The Labute approximate surface area is 340 Å². The highest BCUT2D eigenvalue weighted by Gasteiger charge is 2.52. The third kappa shape index (κ3) is 10.2. The molecule has 0 aliphatic rings. The Morgan fingerprint density at radius 1 is 0.328 bits per heavy atom. The van der Waals surface area contributed by atoms with E-state index in [0.717, 1.165) is 16.7 Å². The van der Waals surface area contributed by atoms with Gasteiger partial charge in [-0.3, -0.25) is 19.2 Å².